The van der Waals surface area contributed by atoms with E-state index in [1.807, 2.05) is 0 Å². The molecule has 0 unspecified atom stereocenters. The van der Waals surface area contributed by atoms with Gasteiger partial charge in [0, 0.05) is 18.3 Å². The molecule has 0 radical (unpaired) electrons. The van der Waals surface area contributed by atoms with E-state index in [-0.39, 0.29) is 0 Å². The van der Waals surface area contributed by atoms with Gasteiger partial charge in [-0.1, -0.05) is 11.6 Å². The van der Waals surface area contributed by atoms with E-state index in [2.05, 4.69) is 5.10 Å². The molecule has 0 spiro atoms. The van der Waals surface area contributed by atoms with Gasteiger partial charge in [0.2, 0.25) is 6.41 Å². The second-order valence-electron chi connectivity index (χ2n) is 3.66. The Hall–Kier alpha value is -2.01. The molecule has 1 amide bonds. The minimum Gasteiger partial charge on any atom is -0.495 e. The number of carbonyl (C=O) groups excluding carboxylic acids is 1. The van der Waals surface area contributed by atoms with Crippen molar-refractivity contribution in [3.8, 4) is 5.75 Å². The highest BCUT2D eigenvalue weighted by molar-refractivity contribution is 6.31. The smallest absolute Gasteiger partial charge is 0.218 e. The maximum Gasteiger partial charge on any atom is 0.218 e. The molecule has 0 saturated heterocycles. The van der Waals surface area contributed by atoms with Crippen LogP contribution in [0.25, 0.3) is 0 Å². The summed E-state index contributed by atoms with van der Waals surface area (Å²) in [5, 5.41) is 4.56. The fourth-order valence-corrected chi connectivity index (χ4v) is 1.81. The van der Waals surface area contributed by atoms with E-state index in [9.17, 15) is 4.79 Å². The van der Waals surface area contributed by atoms with E-state index in [1.165, 1.54) is 4.90 Å². The van der Waals surface area contributed by atoms with Gasteiger partial charge < -0.3 is 4.74 Å². The summed E-state index contributed by atoms with van der Waals surface area (Å²) in [6, 6.07) is 5.09. The number of methoxy groups -OCH3 is 1. The number of amides is 1. The molecule has 1 aromatic carbocycles. The Bertz CT molecular complexity index is 568. The summed E-state index contributed by atoms with van der Waals surface area (Å²) in [7, 11) is 3.32. The van der Waals surface area contributed by atoms with E-state index >= 15 is 0 Å². The molecule has 0 N–H and O–H groups in total. The van der Waals surface area contributed by atoms with E-state index in [4.69, 9.17) is 16.3 Å². The summed E-state index contributed by atoms with van der Waals surface area (Å²) in [5.41, 5.74) is 1.22. The van der Waals surface area contributed by atoms with E-state index in [1.54, 1.807) is 49.4 Å². The standard InChI is InChI=1S/C12H12ClN3O2/c1-15-7-10(6-14-15)16(8-17)11-5-9(13)3-4-12(11)18-2/h3-8H,1-2H3. The van der Waals surface area contributed by atoms with Crippen LogP contribution in [0.5, 0.6) is 5.75 Å². The Morgan fingerprint density at radius 3 is 2.83 bits per heavy atom. The Morgan fingerprint density at radius 2 is 2.28 bits per heavy atom. The predicted molar refractivity (Wildman–Crippen MR) is 69.4 cm³/mol. The first-order chi connectivity index (χ1) is 8.65. The highest BCUT2D eigenvalue weighted by Gasteiger charge is 2.15. The van der Waals surface area contributed by atoms with Crippen LogP contribution in [0.4, 0.5) is 11.4 Å². The van der Waals surface area contributed by atoms with Crippen molar-refractivity contribution in [2.45, 2.75) is 0 Å². The zero-order chi connectivity index (χ0) is 13.1. The summed E-state index contributed by atoms with van der Waals surface area (Å²) in [5.74, 6) is 0.565. The summed E-state index contributed by atoms with van der Waals surface area (Å²) in [6.45, 7) is 0. The van der Waals surface area contributed by atoms with Crippen molar-refractivity contribution >= 4 is 29.4 Å². The van der Waals surface area contributed by atoms with Gasteiger partial charge in [0.15, 0.2) is 0 Å². The number of hydrogen-bond acceptors (Lipinski definition) is 3. The summed E-state index contributed by atoms with van der Waals surface area (Å²) in [4.78, 5) is 12.7. The molecular weight excluding hydrogens is 254 g/mol. The fourth-order valence-electron chi connectivity index (χ4n) is 1.64. The van der Waals surface area contributed by atoms with Gasteiger partial charge in [0.05, 0.1) is 24.7 Å². The fraction of sp³-hybridized carbons (Fsp3) is 0.167. The summed E-state index contributed by atoms with van der Waals surface area (Å²) in [6.07, 6.45) is 4.02. The lowest BCUT2D eigenvalue weighted by atomic mass is 10.2. The van der Waals surface area contributed by atoms with Crippen molar-refractivity contribution < 1.29 is 9.53 Å². The van der Waals surface area contributed by atoms with Crippen molar-refractivity contribution in [2.24, 2.45) is 7.05 Å². The SMILES string of the molecule is COc1ccc(Cl)cc1N(C=O)c1cnn(C)c1. The number of halogens is 1. The maximum atomic E-state index is 11.3. The van der Waals surface area contributed by atoms with E-state index < -0.39 is 0 Å². The largest absolute Gasteiger partial charge is 0.495 e. The Morgan fingerprint density at radius 1 is 1.50 bits per heavy atom. The van der Waals surface area contributed by atoms with Crippen LogP contribution >= 0.6 is 11.6 Å². The zero-order valence-corrected chi connectivity index (χ0v) is 10.8. The minimum atomic E-state index is 0.529. The number of anilines is 2. The van der Waals surface area contributed by atoms with Crippen molar-refractivity contribution in [1.82, 2.24) is 9.78 Å². The highest BCUT2D eigenvalue weighted by Crippen LogP contribution is 2.34. The van der Waals surface area contributed by atoms with Crippen molar-refractivity contribution in [3.63, 3.8) is 0 Å². The molecule has 94 valence electrons. The molecule has 0 bridgehead atoms. The number of aromatic nitrogens is 2. The number of carbonyl (C=O) groups is 1. The number of rotatable bonds is 4. The summed E-state index contributed by atoms with van der Waals surface area (Å²) >= 11 is 5.95. The van der Waals surface area contributed by atoms with Crippen molar-refractivity contribution in [2.75, 3.05) is 12.0 Å². The van der Waals surface area contributed by atoms with Gasteiger partial charge in [0.1, 0.15) is 5.75 Å². The average Bonchev–Trinajstić information content (AvgIpc) is 2.77. The first-order valence-electron chi connectivity index (χ1n) is 5.22. The number of aryl methyl sites for hydroxylation is 1. The molecule has 0 aliphatic heterocycles. The second kappa shape index (κ2) is 5.10. The topological polar surface area (TPSA) is 47.4 Å². The lowest BCUT2D eigenvalue weighted by molar-refractivity contribution is -0.106. The highest BCUT2D eigenvalue weighted by atomic mass is 35.5. The lowest BCUT2D eigenvalue weighted by Gasteiger charge is -2.18. The van der Waals surface area contributed by atoms with Gasteiger partial charge in [0.25, 0.3) is 0 Å². The molecule has 2 rings (SSSR count). The van der Waals surface area contributed by atoms with Crippen molar-refractivity contribution in [3.05, 3.63) is 35.6 Å². The van der Waals surface area contributed by atoms with Crippen LogP contribution < -0.4 is 9.64 Å². The molecule has 0 fully saturated rings. The van der Waals surface area contributed by atoms with Crippen molar-refractivity contribution in [1.29, 1.82) is 0 Å². The normalized spacial score (nSPS) is 10.2. The first-order valence-corrected chi connectivity index (χ1v) is 5.60. The quantitative estimate of drug-likeness (QED) is 0.798. The van der Waals surface area contributed by atoms with Gasteiger partial charge >= 0.3 is 0 Å². The Balaban J connectivity index is 2.50. The third-order valence-electron chi connectivity index (χ3n) is 2.48. The van der Waals surface area contributed by atoms with Gasteiger partial charge in [-0.15, -0.1) is 0 Å². The molecule has 1 heterocycles. The average molecular weight is 266 g/mol. The monoisotopic (exact) mass is 265 g/mol. The third kappa shape index (κ3) is 2.31. The number of benzene rings is 1. The molecule has 18 heavy (non-hydrogen) atoms. The number of ether oxygens (including phenoxy) is 1. The Labute approximate surface area is 110 Å². The molecule has 0 aliphatic rings. The molecule has 0 aliphatic carbocycles. The molecule has 1 aromatic heterocycles. The van der Waals surface area contributed by atoms with Gasteiger partial charge in [-0.3, -0.25) is 14.4 Å². The number of nitrogens with zero attached hydrogens (tertiary/aromatic N) is 3. The molecule has 0 atom stereocenters. The van der Waals surface area contributed by atoms with Crippen LogP contribution in [0.1, 0.15) is 0 Å². The van der Waals surface area contributed by atoms with Gasteiger partial charge in [-0.2, -0.15) is 5.10 Å². The second-order valence-corrected chi connectivity index (χ2v) is 4.10. The molecular formula is C12H12ClN3O2. The van der Waals surface area contributed by atoms with Crippen LogP contribution in [0, 0.1) is 0 Å². The zero-order valence-electron chi connectivity index (χ0n) is 10.0. The molecule has 5 nitrogen and oxygen atoms in total. The lowest BCUT2D eigenvalue weighted by Crippen LogP contribution is -2.14. The predicted octanol–water partition coefficient (Wildman–Crippen LogP) is 2.38. The molecule has 0 saturated carbocycles. The van der Waals surface area contributed by atoms with E-state index in [0.717, 1.165) is 0 Å². The number of hydrogen-bond donors (Lipinski definition) is 0. The van der Waals surface area contributed by atoms with Gasteiger partial charge in [-0.25, -0.2) is 0 Å². The van der Waals surface area contributed by atoms with E-state index in [0.29, 0.717) is 28.6 Å². The van der Waals surface area contributed by atoms with Crippen LogP contribution in [-0.2, 0) is 11.8 Å². The van der Waals surface area contributed by atoms with Crippen LogP contribution in [-0.4, -0.2) is 23.3 Å². The van der Waals surface area contributed by atoms with Gasteiger partial charge in [-0.05, 0) is 18.2 Å². The maximum absolute atomic E-state index is 11.3. The summed E-state index contributed by atoms with van der Waals surface area (Å²) < 4.78 is 6.84. The van der Waals surface area contributed by atoms with Crippen LogP contribution in [0.3, 0.4) is 0 Å². The minimum absolute atomic E-state index is 0.529. The first kappa shape index (κ1) is 12.4. The Kier molecular flexibility index (Phi) is 3.53. The van der Waals surface area contributed by atoms with Crippen LogP contribution in [0.2, 0.25) is 5.02 Å². The van der Waals surface area contributed by atoms with Crippen LogP contribution in [0.15, 0.2) is 30.6 Å². The molecule has 6 heteroatoms. The molecule has 2 aromatic rings. The third-order valence-corrected chi connectivity index (χ3v) is 2.71.